The molecule has 2 nitrogen and oxygen atoms in total. The highest BCUT2D eigenvalue weighted by molar-refractivity contribution is 9.10. The Morgan fingerprint density at radius 3 is 2.80 bits per heavy atom. The zero-order chi connectivity index (χ0) is 14.5. The van der Waals surface area contributed by atoms with Crippen LogP contribution >= 0.6 is 27.5 Å². The van der Waals surface area contributed by atoms with Crippen LogP contribution in [0.15, 0.2) is 46.9 Å². The summed E-state index contributed by atoms with van der Waals surface area (Å²) in [6.07, 6.45) is 1.16. The number of carbonyl (C=O) groups excluding carboxylic acids is 1. The molecule has 1 amide bonds. The topological polar surface area (TPSA) is 29.1 Å². The minimum atomic E-state index is -0.0356. The van der Waals surface area contributed by atoms with E-state index < -0.39 is 0 Å². The Kier molecular flexibility index (Phi) is 5.21. The highest BCUT2D eigenvalue weighted by Crippen LogP contribution is 2.25. The summed E-state index contributed by atoms with van der Waals surface area (Å²) >= 11 is 9.40. The van der Waals surface area contributed by atoms with E-state index in [9.17, 15) is 4.79 Å². The molecular weight excluding hydrogens is 338 g/mol. The maximum Gasteiger partial charge on any atom is 0.224 e. The van der Waals surface area contributed by atoms with Gasteiger partial charge in [-0.15, -0.1) is 0 Å². The van der Waals surface area contributed by atoms with Gasteiger partial charge in [0.1, 0.15) is 0 Å². The van der Waals surface area contributed by atoms with Crippen LogP contribution in [0.2, 0.25) is 5.02 Å². The Labute approximate surface area is 132 Å². The van der Waals surface area contributed by atoms with Crippen LogP contribution in [0.1, 0.15) is 17.5 Å². The number of carbonyl (C=O) groups is 1. The third-order valence-corrected chi connectivity index (χ3v) is 3.75. The lowest BCUT2D eigenvalue weighted by atomic mass is 10.1. The molecule has 0 saturated carbocycles. The van der Waals surface area contributed by atoms with Gasteiger partial charge < -0.3 is 5.32 Å². The van der Waals surface area contributed by atoms with Crippen LogP contribution in [0.3, 0.4) is 0 Å². The van der Waals surface area contributed by atoms with Gasteiger partial charge in [0.25, 0.3) is 0 Å². The number of benzene rings is 2. The number of aryl methyl sites for hydroxylation is 2. The molecule has 0 aliphatic carbocycles. The van der Waals surface area contributed by atoms with Crippen LogP contribution in [-0.4, -0.2) is 5.91 Å². The molecule has 0 heterocycles. The Balaban J connectivity index is 1.94. The van der Waals surface area contributed by atoms with Gasteiger partial charge in [0.2, 0.25) is 5.91 Å². The van der Waals surface area contributed by atoms with Crippen molar-refractivity contribution < 1.29 is 4.79 Å². The van der Waals surface area contributed by atoms with Crippen molar-refractivity contribution in [3.05, 3.63) is 63.1 Å². The van der Waals surface area contributed by atoms with Gasteiger partial charge in [-0.3, -0.25) is 4.79 Å². The fourth-order valence-electron chi connectivity index (χ4n) is 1.93. The third kappa shape index (κ3) is 4.36. The standard InChI is InChI=1S/C16H15BrClNO/c1-11-3-2-4-12(9-11)5-8-16(20)19-15-10-13(17)6-7-14(15)18/h2-4,6-7,9-10H,5,8H2,1H3,(H,19,20). The Morgan fingerprint density at radius 1 is 1.25 bits per heavy atom. The van der Waals surface area contributed by atoms with Crippen molar-refractivity contribution in [3.8, 4) is 0 Å². The van der Waals surface area contributed by atoms with E-state index in [-0.39, 0.29) is 5.91 Å². The van der Waals surface area contributed by atoms with Crippen molar-refractivity contribution in [1.82, 2.24) is 0 Å². The first-order chi connectivity index (χ1) is 9.54. The van der Waals surface area contributed by atoms with Crippen LogP contribution in [0.25, 0.3) is 0 Å². The minimum Gasteiger partial charge on any atom is -0.325 e. The summed E-state index contributed by atoms with van der Waals surface area (Å²) in [4.78, 5) is 11.9. The molecule has 0 radical (unpaired) electrons. The quantitative estimate of drug-likeness (QED) is 0.826. The molecule has 0 aromatic heterocycles. The van der Waals surface area contributed by atoms with Gasteiger partial charge in [0, 0.05) is 10.9 Å². The summed E-state index contributed by atoms with van der Waals surface area (Å²) in [5.74, 6) is -0.0356. The van der Waals surface area contributed by atoms with Crippen molar-refractivity contribution in [2.24, 2.45) is 0 Å². The molecule has 0 fully saturated rings. The summed E-state index contributed by atoms with van der Waals surface area (Å²) in [5, 5.41) is 3.37. The molecule has 2 aromatic rings. The fourth-order valence-corrected chi connectivity index (χ4v) is 2.46. The lowest BCUT2D eigenvalue weighted by molar-refractivity contribution is -0.116. The molecule has 0 saturated heterocycles. The normalized spacial score (nSPS) is 10.3. The highest BCUT2D eigenvalue weighted by atomic mass is 79.9. The molecule has 2 rings (SSSR count). The first-order valence-electron chi connectivity index (χ1n) is 6.35. The van der Waals surface area contributed by atoms with Gasteiger partial charge in [-0.05, 0) is 37.1 Å². The lowest BCUT2D eigenvalue weighted by Gasteiger charge is -2.08. The van der Waals surface area contributed by atoms with Crippen LogP contribution in [0.5, 0.6) is 0 Å². The third-order valence-electron chi connectivity index (χ3n) is 2.93. The van der Waals surface area contributed by atoms with E-state index >= 15 is 0 Å². The van der Waals surface area contributed by atoms with Gasteiger partial charge >= 0.3 is 0 Å². The van der Waals surface area contributed by atoms with Crippen molar-refractivity contribution in [2.45, 2.75) is 19.8 Å². The summed E-state index contributed by atoms with van der Waals surface area (Å²) < 4.78 is 0.885. The molecule has 0 unspecified atom stereocenters. The van der Waals surface area contributed by atoms with E-state index in [1.807, 2.05) is 31.2 Å². The molecular formula is C16H15BrClNO. The summed E-state index contributed by atoms with van der Waals surface area (Å²) in [6.45, 7) is 2.05. The average molecular weight is 353 g/mol. The Morgan fingerprint density at radius 2 is 2.05 bits per heavy atom. The summed E-state index contributed by atoms with van der Waals surface area (Å²) in [6, 6.07) is 13.6. The predicted octanol–water partition coefficient (Wildman–Crippen LogP) is 4.98. The van der Waals surface area contributed by atoms with Crippen molar-refractivity contribution in [3.63, 3.8) is 0 Å². The number of anilines is 1. The predicted molar refractivity (Wildman–Crippen MR) is 87.3 cm³/mol. The van der Waals surface area contributed by atoms with Crippen molar-refractivity contribution in [2.75, 3.05) is 5.32 Å². The van der Waals surface area contributed by atoms with Crippen molar-refractivity contribution >= 4 is 39.1 Å². The van der Waals surface area contributed by atoms with Gasteiger partial charge in [0.05, 0.1) is 10.7 Å². The largest absolute Gasteiger partial charge is 0.325 e. The number of amides is 1. The van der Waals surface area contributed by atoms with Crippen LogP contribution < -0.4 is 5.32 Å². The van der Waals surface area contributed by atoms with Gasteiger partial charge in [0.15, 0.2) is 0 Å². The van der Waals surface area contributed by atoms with E-state index in [1.54, 1.807) is 12.1 Å². The molecule has 104 valence electrons. The number of hydrogen-bond acceptors (Lipinski definition) is 1. The Bertz CT molecular complexity index is 628. The van der Waals surface area contributed by atoms with E-state index in [0.717, 1.165) is 10.9 Å². The first-order valence-corrected chi connectivity index (χ1v) is 7.52. The highest BCUT2D eigenvalue weighted by Gasteiger charge is 2.07. The average Bonchev–Trinajstić information content (AvgIpc) is 2.41. The molecule has 0 aliphatic heterocycles. The summed E-state index contributed by atoms with van der Waals surface area (Å²) in [7, 11) is 0. The first kappa shape index (κ1) is 15.1. The zero-order valence-electron chi connectivity index (χ0n) is 11.1. The number of halogens is 2. The molecule has 0 spiro atoms. The van der Waals surface area contributed by atoms with E-state index in [2.05, 4.69) is 27.3 Å². The number of hydrogen-bond donors (Lipinski definition) is 1. The van der Waals surface area contributed by atoms with E-state index in [1.165, 1.54) is 11.1 Å². The molecule has 0 bridgehead atoms. The minimum absolute atomic E-state index is 0.0356. The van der Waals surface area contributed by atoms with E-state index in [0.29, 0.717) is 17.1 Å². The maximum atomic E-state index is 11.9. The van der Waals surface area contributed by atoms with Crippen LogP contribution in [0, 0.1) is 6.92 Å². The lowest BCUT2D eigenvalue weighted by Crippen LogP contribution is -2.12. The smallest absolute Gasteiger partial charge is 0.224 e. The second kappa shape index (κ2) is 6.91. The van der Waals surface area contributed by atoms with Gasteiger partial charge in [-0.25, -0.2) is 0 Å². The molecule has 0 atom stereocenters. The van der Waals surface area contributed by atoms with Crippen molar-refractivity contribution in [1.29, 1.82) is 0 Å². The van der Waals surface area contributed by atoms with Crippen LogP contribution in [0.4, 0.5) is 5.69 Å². The molecule has 4 heteroatoms. The molecule has 2 aromatic carbocycles. The second-order valence-electron chi connectivity index (χ2n) is 4.66. The van der Waals surface area contributed by atoms with Crippen LogP contribution in [-0.2, 0) is 11.2 Å². The fraction of sp³-hybridized carbons (Fsp3) is 0.188. The maximum absolute atomic E-state index is 11.9. The zero-order valence-corrected chi connectivity index (χ0v) is 13.5. The van der Waals surface area contributed by atoms with Gasteiger partial charge in [-0.1, -0.05) is 57.4 Å². The SMILES string of the molecule is Cc1cccc(CCC(=O)Nc2cc(Br)ccc2Cl)c1. The summed E-state index contributed by atoms with van der Waals surface area (Å²) in [5.41, 5.74) is 3.01. The number of nitrogens with one attached hydrogen (secondary N) is 1. The van der Waals surface area contributed by atoms with E-state index in [4.69, 9.17) is 11.6 Å². The molecule has 20 heavy (non-hydrogen) atoms. The Hall–Kier alpha value is -1.32. The monoisotopic (exact) mass is 351 g/mol. The number of rotatable bonds is 4. The second-order valence-corrected chi connectivity index (χ2v) is 5.98. The molecule has 1 N–H and O–H groups in total. The van der Waals surface area contributed by atoms with Gasteiger partial charge in [-0.2, -0.15) is 0 Å². The molecule has 0 aliphatic rings.